The summed E-state index contributed by atoms with van der Waals surface area (Å²) in [5, 5.41) is 10.9. The lowest BCUT2D eigenvalue weighted by Gasteiger charge is -2.01. The molecule has 0 bridgehead atoms. The van der Waals surface area contributed by atoms with Gasteiger partial charge in [-0.1, -0.05) is 35.1 Å². The Bertz CT molecular complexity index is 941. The summed E-state index contributed by atoms with van der Waals surface area (Å²) in [4.78, 5) is 12.1. The molecule has 0 saturated heterocycles. The van der Waals surface area contributed by atoms with Crippen LogP contribution in [-0.4, -0.2) is 16.1 Å². The van der Waals surface area contributed by atoms with Crippen LogP contribution < -0.4 is 5.32 Å². The van der Waals surface area contributed by atoms with Crippen LogP contribution in [0.3, 0.4) is 0 Å². The minimum atomic E-state index is -0.481. The highest BCUT2D eigenvalue weighted by atomic mass is 35.5. The Labute approximate surface area is 150 Å². The fourth-order valence-electron chi connectivity index (χ4n) is 1.93. The van der Waals surface area contributed by atoms with Gasteiger partial charge in [0.15, 0.2) is 5.01 Å². The van der Waals surface area contributed by atoms with Crippen molar-refractivity contribution in [3.8, 4) is 0 Å². The van der Waals surface area contributed by atoms with Crippen molar-refractivity contribution in [2.75, 3.05) is 5.32 Å². The van der Waals surface area contributed by atoms with Crippen LogP contribution in [0.25, 0.3) is 11.1 Å². The molecule has 0 fully saturated rings. The van der Waals surface area contributed by atoms with Crippen LogP contribution in [0.15, 0.2) is 48.5 Å². The van der Waals surface area contributed by atoms with Crippen molar-refractivity contribution in [1.29, 1.82) is 0 Å². The van der Waals surface area contributed by atoms with Crippen LogP contribution in [-0.2, 0) is 0 Å². The van der Waals surface area contributed by atoms with E-state index >= 15 is 0 Å². The standard InChI is InChI=1S/C17H10ClF2N3OS/c18-14(9-10-2-1-3-12(20)8-10)16-22-23-17(25-16)15(24)21-13-6-4-11(19)5-7-13/h1-9H,(H,21,24)/b14-9-. The van der Waals surface area contributed by atoms with Gasteiger partial charge in [0.2, 0.25) is 5.01 Å². The number of carbonyl (C=O) groups excluding carboxylic acids is 1. The zero-order chi connectivity index (χ0) is 17.8. The second kappa shape index (κ2) is 7.50. The van der Waals surface area contributed by atoms with E-state index < -0.39 is 11.7 Å². The van der Waals surface area contributed by atoms with Gasteiger partial charge in [-0.05, 0) is 48.0 Å². The molecule has 1 amide bonds. The Morgan fingerprint density at radius 2 is 1.76 bits per heavy atom. The van der Waals surface area contributed by atoms with Gasteiger partial charge in [-0.3, -0.25) is 4.79 Å². The quantitative estimate of drug-likeness (QED) is 0.710. The predicted molar refractivity (Wildman–Crippen MR) is 94.4 cm³/mol. The van der Waals surface area contributed by atoms with Crippen LogP contribution in [0.4, 0.5) is 14.5 Å². The molecule has 0 unspecified atom stereocenters. The van der Waals surface area contributed by atoms with Crippen LogP contribution in [0.5, 0.6) is 0 Å². The maximum atomic E-state index is 13.2. The summed E-state index contributed by atoms with van der Waals surface area (Å²) in [6.07, 6.45) is 1.53. The van der Waals surface area contributed by atoms with Crippen molar-refractivity contribution in [2.45, 2.75) is 0 Å². The summed E-state index contributed by atoms with van der Waals surface area (Å²) in [5.41, 5.74) is 1.00. The van der Waals surface area contributed by atoms with Gasteiger partial charge in [-0.15, -0.1) is 10.2 Å². The molecule has 0 aliphatic carbocycles. The van der Waals surface area contributed by atoms with E-state index in [9.17, 15) is 13.6 Å². The largest absolute Gasteiger partial charge is 0.320 e. The molecular weight excluding hydrogens is 368 g/mol. The highest BCUT2D eigenvalue weighted by Gasteiger charge is 2.15. The molecule has 2 aromatic carbocycles. The van der Waals surface area contributed by atoms with Gasteiger partial charge in [0.25, 0.3) is 5.91 Å². The summed E-state index contributed by atoms with van der Waals surface area (Å²) >= 11 is 7.15. The fourth-order valence-corrected chi connectivity index (χ4v) is 2.86. The Morgan fingerprint density at radius 3 is 2.48 bits per heavy atom. The molecule has 0 aliphatic rings. The number of aromatic nitrogens is 2. The molecule has 25 heavy (non-hydrogen) atoms. The molecule has 8 heteroatoms. The average Bonchev–Trinajstić information content (AvgIpc) is 3.07. The van der Waals surface area contributed by atoms with E-state index in [1.807, 2.05) is 0 Å². The first kappa shape index (κ1) is 17.2. The maximum Gasteiger partial charge on any atom is 0.286 e. The smallest absolute Gasteiger partial charge is 0.286 e. The molecule has 0 atom stereocenters. The topological polar surface area (TPSA) is 54.9 Å². The first-order valence-corrected chi connectivity index (χ1v) is 8.24. The van der Waals surface area contributed by atoms with Crippen molar-refractivity contribution in [3.63, 3.8) is 0 Å². The van der Waals surface area contributed by atoms with Gasteiger partial charge >= 0.3 is 0 Å². The normalized spacial score (nSPS) is 11.4. The lowest BCUT2D eigenvalue weighted by atomic mass is 10.2. The minimum Gasteiger partial charge on any atom is -0.320 e. The number of carbonyl (C=O) groups is 1. The highest BCUT2D eigenvalue weighted by molar-refractivity contribution is 7.15. The van der Waals surface area contributed by atoms with Crippen LogP contribution in [0, 0.1) is 11.6 Å². The number of nitrogens with zero attached hydrogens (tertiary/aromatic N) is 2. The van der Waals surface area contributed by atoms with Gasteiger partial charge in [0.1, 0.15) is 11.6 Å². The van der Waals surface area contributed by atoms with E-state index in [-0.39, 0.29) is 15.9 Å². The molecule has 1 heterocycles. The molecule has 4 nitrogen and oxygen atoms in total. The number of benzene rings is 2. The predicted octanol–water partition coefficient (Wildman–Crippen LogP) is 4.81. The summed E-state index contributed by atoms with van der Waals surface area (Å²) in [6, 6.07) is 11.2. The molecule has 126 valence electrons. The van der Waals surface area contributed by atoms with E-state index in [0.717, 1.165) is 11.3 Å². The first-order valence-electron chi connectivity index (χ1n) is 7.05. The van der Waals surface area contributed by atoms with Gasteiger partial charge in [0.05, 0.1) is 5.03 Å². The molecule has 1 N–H and O–H groups in total. The number of anilines is 1. The summed E-state index contributed by atoms with van der Waals surface area (Å²) in [7, 11) is 0. The summed E-state index contributed by atoms with van der Waals surface area (Å²) in [6.45, 7) is 0. The monoisotopic (exact) mass is 377 g/mol. The third-order valence-corrected chi connectivity index (χ3v) is 4.42. The molecule has 0 spiro atoms. The van der Waals surface area contributed by atoms with Crippen LogP contribution in [0.2, 0.25) is 0 Å². The molecule has 3 aromatic rings. The van der Waals surface area contributed by atoms with Gasteiger partial charge in [-0.25, -0.2) is 8.78 Å². The van der Waals surface area contributed by atoms with E-state index in [1.165, 1.54) is 42.5 Å². The van der Waals surface area contributed by atoms with E-state index in [4.69, 9.17) is 11.6 Å². The lowest BCUT2D eigenvalue weighted by Crippen LogP contribution is -2.11. The second-order valence-electron chi connectivity index (χ2n) is 4.92. The Hall–Kier alpha value is -2.64. The molecule has 0 saturated carbocycles. The molecule has 0 aliphatic heterocycles. The zero-order valence-corrected chi connectivity index (χ0v) is 14.1. The maximum absolute atomic E-state index is 13.2. The second-order valence-corrected chi connectivity index (χ2v) is 6.31. The summed E-state index contributed by atoms with van der Waals surface area (Å²) in [5.74, 6) is -1.26. The van der Waals surface area contributed by atoms with E-state index in [1.54, 1.807) is 12.1 Å². The van der Waals surface area contributed by atoms with Crippen molar-refractivity contribution < 1.29 is 13.6 Å². The average molecular weight is 378 g/mol. The van der Waals surface area contributed by atoms with Crippen molar-refractivity contribution >= 4 is 45.6 Å². The third-order valence-electron chi connectivity index (χ3n) is 3.07. The van der Waals surface area contributed by atoms with Crippen LogP contribution >= 0.6 is 22.9 Å². The minimum absolute atomic E-state index is 0.102. The Kier molecular flexibility index (Phi) is 5.16. The highest BCUT2D eigenvalue weighted by Crippen LogP contribution is 2.26. The van der Waals surface area contributed by atoms with Gasteiger partial charge in [-0.2, -0.15) is 0 Å². The Morgan fingerprint density at radius 1 is 1.04 bits per heavy atom. The molecule has 3 rings (SSSR count). The van der Waals surface area contributed by atoms with Crippen LogP contribution in [0.1, 0.15) is 20.4 Å². The molecule has 0 radical (unpaired) electrons. The number of nitrogens with one attached hydrogen (secondary N) is 1. The Balaban J connectivity index is 1.75. The van der Waals surface area contributed by atoms with E-state index in [0.29, 0.717) is 16.3 Å². The van der Waals surface area contributed by atoms with Gasteiger partial charge in [0, 0.05) is 5.69 Å². The van der Waals surface area contributed by atoms with Crippen molar-refractivity contribution in [1.82, 2.24) is 10.2 Å². The number of hydrogen-bond acceptors (Lipinski definition) is 4. The molecule has 1 aromatic heterocycles. The van der Waals surface area contributed by atoms with Gasteiger partial charge < -0.3 is 5.32 Å². The number of halogens is 3. The lowest BCUT2D eigenvalue weighted by molar-refractivity contribution is 0.102. The van der Waals surface area contributed by atoms with Crippen molar-refractivity contribution in [2.24, 2.45) is 0 Å². The third kappa shape index (κ3) is 4.46. The zero-order valence-electron chi connectivity index (χ0n) is 12.5. The fraction of sp³-hybridized carbons (Fsp3) is 0. The summed E-state index contributed by atoms with van der Waals surface area (Å²) < 4.78 is 26.1. The molecular formula is C17H10ClF2N3OS. The van der Waals surface area contributed by atoms with Crippen molar-refractivity contribution in [3.05, 3.63) is 75.7 Å². The number of hydrogen-bond donors (Lipinski definition) is 1. The SMILES string of the molecule is O=C(Nc1ccc(F)cc1)c1nnc(/C(Cl)=C/c2cccc(F)c2)s1. The number of amides is 1. The first-order chi connectivity index (χ1) is 12.0. The number of rotatable bonds is 4. The van der Waals surface area contributed by atoms with E-state index in [2.05, 4.69) is 15.5 Å².